The lowest BCUT2D eigenvalue weighted by Gasteiger charge is -2.17. The van der Waals surface area contributed by atoms with Gasteiger partial charge in [0.1, 0.15) is 6.04 Å². The highest BCUT2D eigenvalue weighted by Gasteiger charge is 2.49. The van der Waals surface area contributed by atoms with Gasteiger partial charge >= 0.3 is 5.97 Å². The van der Waals surface area contributed by atoms with E-state index in [0.29, 0.717) is 12.8 Å². The number of hydrogen-bond acceptors (Lipinski definition) is 4. The Morgan fingerprint density at radius 2 is 2.07 bits per heavy atom. The van der Waals surface area contributed by atoms with E-state index in [2.05, 4.69) is 5.32 Å². The van der Waals surface area contributed by atoms with Gasteiger partial charge in [0.05, 0.1) is 5.41 Å². The Morgan fingerprint density at radius 1 is 1.47 bits per heavy atom. The molecule has 1 atom stereocenters. The number of carboxylic acid groups (broad SMARTS) is 1. The maximum atomic E-state index is 11.6. The summed E-state index contributed by atoms with van der Waals surface area (Å²) >= 11 is 0. The Balaban J connectivity index is 2.51. The zero-order chi connectivity index (χ0) is 11.5. The molecule has 0 aromatic heterocycles. The first kappa shape index (κ1) is 11.9. The molecular formula is C9H16N2O4. The minimum atomic E-state index is -1.13. The summed E-state index contributed by atoms with van der Waals surface area (Å²) < 4.78 is 0. The highest BCUT2D eigenvalue weighted by molar-refractivity contribution is 5.89. The fourth-order valence-electron chi connectivity index (χ4n) is 1.37. The number of aliphatic hydroxyl groups excluding tert-OH is 1. The first-order valence-corrected chi connectivity index (χ1v) is 4.90. The summed E-state index contributed by atoms with van der Waals surface area (Å²) in [6, 6.07) is -1.02. The van der Waals surface area contributed by atoms with Gasteiger partial charge in [-0.25, -0.2) is 4.79 Å². The molecule has 0 radical (unpaired) electrons. The smallest absolute Gasteiger partial charge is 0.326 e. The second kappa shape index (κ2) is 4.59. The van der Waals surface area contributed by atoms with E-state index in [1.54, 1.807) is 0 Å². The zero-order valence-corrected chi connectivity index (χ0v) is 8.40. The largest absolute Gasteiger partial charge is 0.480 e. The van der Waals surface area contributed by atoms with E-state index in [9.17, 15) is 9.59 Å². The second-order valence-electron chi connectivity index (χ2n) is 3.86. The minimum absolute atomic E-state index is 0.0156. The predicted octanol–water partition coefficient (Wildman–Crippen LogP) is -1.32. The molecule has 1 aliphatic rings. The maximum Gasteiger partial charge on any atom is 0.326 e. The first-order chi connectivity index (χ1) is 7.05. The van der Waals surface area contributed by atoms with E-state index in [-0.39, 0.29) is 25.5 Å². The second-order valence-corrected chi connectivity index (χ2v) is 3.86. The van der Waals surface area contributed by atoms with Crippen molar-refractivity contribution in [1.82, 2.24) is 5.32 Å². The molecule has 0 aromatic carbocycles. The minimum Gasteiger partial charge on any atom is -0.480 e. The van der Waals surface area contributed by atoms with Gasteiger partial charge in [-0.15, -0.1) is 0 Å². The van der Waals surface area contributed by atoms with Crippen molar-refractivity contribution in [3.63, 3.8) is 0 Å². The van der Waals surface area contributed by atoms with E-state index in [0.717, 1.165) is 0 Å². The quantitative estimate of drug-likeness (QED) is 0.439. The average molecular weight is 216 g/mol. The molecule has 0 heterocycles. The number of amides is 1. The Morgan fingerprint density at radius 3 is 2.40 bits per heavy atom. The molecule has 86 valence electrons. The van der Waals surface area contributed by atoms with Gasteiger partial charge in [0, 0.05) is 19.6 Å². The number of nitrogens with one attached hydrogen (secondary N) is 1. The van der Waals surface area contributed by atoms with Crippen LogP contribution in [0, 0.1) is 5.41 Å². The van der Waals surface area contributed by atoms with Gasteiger partial charge in [-0.1, -0.05) is 0 Å². The zero-order valence-electron chi connectivity index (χ0n) is 8.40. The summed E-state index contributed by atoms with van der Waals surface area (Å²) in [5.74, 6) is -1.45. The van der Waals surface area contributed by atoms with Gasteiger partial charge in [-0.2, -0.15) is 0 Å². The van der Waals surface area contributed by atoms with Crippen LogP contribution in [-0.2, 0) is 9.59 Å². The standard InChI is InChI=1S/C9H16N2O4/c10-5-9(2-3-9)8(15)11-6(1-4-12)7(13)14/h6,12H,1-5,10H2,(H,11,15)(H,13,14). The van der Waals surface area contributed by atoms with Crippen molar-refractivity contribution in [3.8, 4) is 0 Å². The molecule has 6 heteroatoms. The lowest BCUT2D eigenvalue weighted by Crippen LogP contribution is -2.46. The number of aliphatic carboxylic acids is 1. The van der Waals surface area contributed by atoms with Crippen molar-refractivity contribution in [2.75, 3.05) is 13.2 Å². The van der Waals surface area contributed by atoms with E-state index in [1.165, 1.54) is 0 Å². The molecule has 1 amide bonds. The molecule has 0 aliphatic heterocycles. The van der Waals surface area contributed by atoms with Crippen molar-refractivity contribution in [1.29, 1.82) is 0 Å². The molecule has 1 saturated carbocycles. The monoisotopic (exact) mass is 216 g/mol. The van der Waals surface area contributed by atoms with E-state index < -0.39 is 17.4 Å². The average Bonchev–Trinajstić information content (AvgIpc) is 2.97. The van der Waals surface area contributed by atoms with Crippen molar-refractivity contribution in [3.05, 3.63) is 0 Å². The number of hydrogen-bond donors (Lipinski definition) is 4. The molecule has 15 heavy (non-hydrogen) atoms. The molecule has 1 unspecified atom stereocenters. The Bertz CT molecular complexity index is 263. The fraction of sp³-hybridized carbons (Fsp3) is 0.778. The van der Waals surface area contributed by atoms with Crippen LogP contribution in [0.25, 0.3) is 0 Å². The topological polar surface area (TPSA) is 113 Å². The number of carboxylic acids is 1. The summed E-state index contributed by atoms with van der Waals surface area (Å²) in [5.41, 5.74) is 4.89. The summed E-state index contributed by atoms with van der Waals surface area (Å²) in [6.07, 6.45) is 1.43. The third-order valence-corrected chi connectivity index (χ3v) is 2.75. The van der Waals surface area contributed by atoms with Crippen LogP contribution in [0.1, 0.15) is 19.3 Å². The van der Waals surface area contributed by atoms with Gasteiger partial charge in [0.15, 0.2) is 0 Å². The van der Waals surface area contributed by atoms with E-state index in [1.807, 2.05) is 0 Å². The molecule has 0 spiro atoms. The highest BCUT2D eigenvalue weighted by Crippen LogP contribution is 2.44. The number of carbonyl (C=O) groups excluding carboxylic acids is 1. The number of rotatable bonds is 6. The van der Waals surface area contributed by atoms with Crippen LogP contribution in [0.2, 0.25) is 0 Å². The Kier molecular flexibility index (Phi) is 3.65. The molecule has 1 rings (SSSR count). The fourth-order valence-corrected chi connectivity index (χ4v) is 1.37. The Hall–Kier alpha value is -1.14. The summed E-state index contributed by atoms with van der Waals surface area (Å²) in [4.78, 5) is 22.3. The van der Waals surface area contributed by atoms with Crippen LogP contribution in [0.4, 0.5) is 0 Å². The highest BCUT2D eigenvalue weighted by atomic mass is 16.4. The summed E-state index contributed by atoms with van der Waals surface area (Å²) in [7, 11) is 0. The molecule has 5 N–H and O–H groups in total. The van der Waals surface area contributed by atoms with Gasteiger partial charge < -0.3 is 21.3 Å². The van der Waals surface area contributed by atoms with Crippen LogP contribution in [0.3, 0.4) is 0 Å². The maximum absolute atomic E-state index is 11.6. The van der Waals surface area contributed by atoms with Crippen LogP contribution in [0.5, 0.6) is 0 Å². The third kappa shape index (κ3) is 2.66. The van der Waals surface area contributed by atoms with E-state index in [4.69, 9.17) is 15.9 Å². The SMILES string of the molecule is NCC1(C(=O)NC(CCO)C(=O)O)CC1. The predicted molar refractivity (Wildman–Crippen MR) is 52.0 cm³/mol. The molecular weight excluding hydrogens is 200 g/mol. The molecule has 0 aromatic rings. The van der Waals surface area contributed by atoms with Crippen LogP contribution in [0.15, 0.2) is 0 Å². The van der Waals surface area contributed by atoms with Gasteiger partial charge in [-0.3, -0.25) is 4.79 Å². The summed E-state index contributed by atoms with van der Waals surface area (Å²) in [6.45, 7) is -0.0306. The molecule has 0 saturated heterocycles. The van der Waals surface area contributed by atoms with Crippen molar-refractivity contribution >= 4 is 11.9 Å². The lowest BCUT2D eigenvalue weighted by molar-refractivity contribution is -0.143. The van der Waals surface area contributed by atoms with Crippen molar-refractivity contribution < 1.29 is 19.8 Å². The Labute approximate surface area is 87.5 Å². The van der Waals surface area contributed by atoms with Gasteiger partial charge in [0.25, 0.3) is 0 Å². The van der Waals surface area contributed by atoms with Crippen LogP contribution < -0.4 is 11.1 Å². The molecule has 0 bridgehead atoms. The van der Waals surface area contributed by atoms with Crippen LogP contribution in [-0.4, -0.2) is 41.3 Å². The number of nitrogens with two attached hydrogens (primary N) is 1. The number of carbonyl (C=O) groups is 2. The summed E-state index contributed by atoms with van der Waals surface area (Å²) in [5, 5.41) is 19.8. The van der Waals surface area contributed by atoms with Crippen molar-refractivity contribution in [2.24, 2.45) is 11.1 Å². The number of aliphatic hydroxyl groups is 1. The normalized spacial score (nSPS) is 19.3. The van der Waals surface area contributed by atoms with Crippen molar-refractivity contribution in [2.45, 2.75) is 25.3 Å². The molecule has 6 nitrogen and oxygen atoms in total. The van der Waals surface area contributed by atoms with E-state index >= 15 is 0 Å². The molecule has 1 aliphatic carbocycles. The van der Waals surface area contributed by atoms with Gasteiger partial charge in [-0.05, 0) is 12.8 Å². The van der Waals surface area contributed by atoms with Crippen LogP contribution >= 0.6 is 0 Å². The first-order valence-electron chi connectivity index (χ1n) is 4.90. The third-order valence-electron chi connectivity index (χ3n) is 2.75. The lowest BCUT2D eigenvalue weighted by atomic mass is 10.1. The molecule has 1 fully saturated rings. The van der Waals surface area contributed by atoms with Gasteiger partial charge in [0.2, 0.25) is 5.91 Å².